The number of nitrogens with one attached hydrogen (secondary N) is 1. The van der Waals surface area contributed by atoms with Gasteiger partial charge in [-0.2, -0.15) is 0 Å². The molecule has 1 N–H and O–H groups in total. The van der Waals surface area contributed by atoms with Crippen LogP contribution in [-0.2, 0) is 4.79 Å². The van der Waals surface area contributed by atoms with Crippen molar-refractivity contribution in [3.8, 4) is 21.8 Å². The molecule has 0 bridgehead atoms. The Hall–Kier alpha value is -3.06. The van der Waals surface area contributed by atoms with Gasteiger partial charge in [-0.05, 0) is 31.9 Å². The molecule has 1 saturated carbocycles. The molecular formula is C20H17N3O3S. The number of carbonyl (C=O) groups is 1. The maximum Gasteiger partial charge on any atom is 0.272 e. The summed E-state index contributed by atoms with van der Waals surface area (Å²) in [5, 5.41) is 16.8. The lowest BCUT2D eigenvalue weighted by molar-refractivity contribution is -0.385. The molecule has 1 amide bonds. The zero-order valence-corrected chi connectivity index (χ0v) is 15.5. The molecule has 0 saturated heterocycles. The third-order valence-electron chi connectivity index (χ3n) is 4.53. The minimum Gasteiger partial charge on any atom is -0.326 e. The summed E-state index contributed by atoms with van der Waals surface area (Å²) in [6.07, 6.45) is 1.92. The molecule has 1 fully saturated rings. The van der Waals surface area contributed by atoms with E-state index in [9.17, 15) is 14.9 Å². The second-order valence-corrected chi connectivity index (χ2v) is 7.50. The molecule has 3 aromatic rings. The quantitative estimate of drug-likeness (QED) is 0.497. The molecule has 0 atom stereocenters. The molecule has 136 valence electrons. The normalized spacial score (nSPS) is 13.4. The first-order valence-electron chi connectivity index (χ1n) is 8.63. The van der Waals surface area contributed by atoms with Gasteiger partial charge in [-0.15, -0.1) is 11.3 Å². The van der Waals surface area contributed by atoms with Crippen molar-refractivity contribution in [3.05, 3.63) is 63.5 Å². The maximum absolute atomic E-state index is 11.9. The Balaban J connectivity index is 1.60. The molecule has 6 nitrogen and oxygen atoms in total. The maximum atomic E-state index is 11.9. The molecule has 0 radical (unpaired) electrons. The van der Waals surface area contributed by atoms with Crippen LogP contribution < -0.4 is 5.32 Å². The lowest BCUT2D eigenvalue weighted by Gasteiger charge is -2.05. The van der Waals surface area contributed by atoms with E-state index in [1.807, 2.05) is 35.7 Å². The van der Waals surface area contributed by atoms with Crippen LogP contribution in [0, 0.1) is 23.0 Å². The van der Waals surface area contributed by atoms with Gasteiger partial charge in [-0.1, -0.05) is 24.3 Å². The summed E-state index contributed by atoms with van der Waals surface area (Å²) in [6, 6.07) is 12.7. The topological polar surface area (TPSA) is 85.1 Å². The molecule has 1 aromatic heterocycles. The highest BCUT2D eigenvalue weighted by atomic mass is 32.1. The summed E-state index contributed by atoms with van der Waals surface area (Å²) >= 11 is 1.47. The fourth-order valence-electron chi connectivity index (χ4n) is 2.82. The van der Waals surface area contributed by atoms with E-state index in [0.29, 0.717) is 16.8 Å². The van der Waals surface area contributed by atoms with Crippen molar-refractivity contribution in [2.75, 3.05) is 5.32 Å². The highest BCUT2D eigenvalue weighted by Crippen LogP contribution is 2.33. The first-order valence-corrected chi connectivity index (χ1v) is 9.51. The van der Waals surface area contributed by atoms with Gasteiger partial charge in [-0.25, -0.2) is 4.98 Å². The fraction of sp³-hybridized carbons (Fsp3) is 0.200. The summed E-state index contributed by atoms with van der Waals surface area (Å²) in [7, 11) is 0. The number of anilines is 1. The number of aryl methyl sites for hydroxylation is 1. The number of carbonyl (C=O) groups excluding carboxylic acids is 1. The number of nitro groups is 1. The van der Waals surface area contributed by atoms with E-state index >= 15 is 0 Å². The Morgan fingerprint density at radius 1 is 1.22 bits per heavy atom. The molecular weight excluding hydrogens is 362 g/mol. The number of nitro benzene ring substituents is 1. The molecule has 0 aliphatic heterocycles. The van der Waals surface area contributed by atoms with Crippen molar-refractivity contribution in [3.63, 3.8) is 0 Å². The smallest absolute Gasteiger partial charge is 0.272 e. The Labute approximate surface area is 160 Å². The van der Waals surface area contributed by atoms with Crippen molar-refractivity contribution in [1.29, 1.82) is 0 Å². The SMILES string of the molecule is Cc1ccc(-c2csc(-c3cccc(NC(=O)C4CC4)c3)n2)cc1[N+](=O)[O-]. The van der Waals surface area contributed by atoms with Crippen LogP contribution in [0.1, 0.15) is 18.4 Å². The van der Waals surface area contributed by atoms with Crippen molar-refractivity contribution >= 4 is 28.6 Å². The van der Waals surface area contributed by atoms with Gasteiger partial charge in [-0.3, -0.25) is 14.9 Å². The standard InChI is InChI=1S/C20H17N3O3S/c1-12-5-6-14(10-18(12)23(25)26)17-11-27-20(22-17)15-3-2-4-16(9-15)21-19(24)13-7-8-13/h2-6,9-11,13H,7-8H2,1H3,(H,21,24). The van der Waals surface area contributed by atoms with Gasteiger partial charge in [0.1, 0.15) is 5.01 Å². The monoisotopic (exact) mass is 379 g/mol. The summed E-state index contributed by atoms with van der Waals surface area (Å²) in [4.78, 5) is 27.4. The molecule has 1 aliphatic carbocycles. The average Bonchev–Trinajstić information content (AvgIpc) is 3.39. The van der Waals surface area contributed by atoms with E-state index in [-0.39, 0.29) is 22.4 Å². The molecule has 2 aromatic carbocycles. The van der Waals surface area contributed by atoms with Gasteiger partial charge in [0.15, 0.2) is 0 Å². The Morgan fingerprint density at radius 2 is 2.04 bits per heavy atom. The van der Waals surface area contributed by atoms with Crippen LogP contribution in [-0.4, -0.2) is 15.8 Å². The molecule has 1 aliphatic rings. The molecule has 0 unspecified atom stereocenters. The van der Waals surface area contributed by atoms with E-state index < -0.39 is 0 Å². The van der Waals surface area contributed by atoms with Crippen LogP contribution in [0.4, 0.5) is 11.4 Å². The van der Waals surface area contributed by atoms with Crippen LogP contribution in [0.3, 0.4) is 0 Å². The molecule has 1 heterocycles. The van der Waals surface area contributed by atoms with E-state index in [4.69, 9.17) is 0 Å². The number of rotatable bonds is 5. The molecule has 4 rings (SSSR count). The molecule has 0 spiro atoms. The largest absolute Gasteiger partial charge is 0.326 e. The third kappa shape index (κ3) is 3.73. The number of aromatic nitrogens is 1. The summed E-state index contributed by atoms with van der Waals surface area (Å²) in [5.74, 6) is 0.219. The number of hydrogen-bond donors (Lipinski definition) is 1. The van der Waals surface area contributed by atoms with Gasteiger partial charge in [0.2, 0.25) is 5.91 Å². The molecule has 7 heteroatoms. The van der Waals surface area contributed by atoms with E-state index in [0.717, 1.165) is 29.1 Å². The minimum atomic E-state index is -0.377. The van der Waals surface area contributed by atoms with Crippen LogP contribution in [0.15, 0.2) is 47.8 Å². The van der Waals surface area contributed by atoms with Gasteiger partial charge < -0.3 is 5.32 Å². The molecule has 27 heavy (non-hydrogen) atoms. The number of benzene rings is 2. The second kappa shape index (κ2) is 6.92. The number of hydrogen-bond acceptors (Lipinski definition) is 5. The Morgan fingerprint density at radius 3 is 2.78 bits per heavy atom. The zero-order chi connectivity index (χ0) is 19.0. The fourth-order valence-corrected chi connectivity index (χ4v) is 3.65. The van der Waals surface area contributed by atoms with Gasteiger partial charge in [0.25, 0.3) is 5.69 Å². The number of thiazole rings is 1. The third-order valence-corrected chi connectivity index (χ3v) is 5.42. The van der Waals surface area contributed by atoms with Crippen LogP contribution in [0.2, 0.25) is 0 Å². The zero-order valence-electron chi connectivity index (χ0n) is 14.6. The lowest BCUT2D eigenvalue weighted by Crippen LogP contribution is -2.13. The minimum absolute atomic E-state index is 0.0685. The predicted molar refractivity (Wildman–Crippen MR) is 106 cm³/mol. The van der Waals surface area contributed by atoms with Crippen LogP contribution in [0.5, 0.6) is 0 Å². The van der Waals surface area contributed by atoms with Crippen LogP contribution in [0.25, 0.3) is 21.8 Å². The first-order chi connectivity index (χ1) is 13.0. The van der Waals surface area contributed by atoms with E-state index in [2.05, 4.69) is 10.3 Å². The highest BCUT2D eigenvalue weighted by molar-refractivity contribution is 7.13. The summed E-state index contributed by atoms with van der Waals surface area (Å²) in [5.41, 5.74) is 3.79. The summed E-state index contributed by atoms with van der Waals surface area (Å²) in [6.45, 7) is 1.72. The number of nitrogens with zero attached hydrogens (tertiary/aromatic N) is 2. The van der Waals surface area contributed by atoms with Gasteiger partial charge in [0, 0.05) is 39.7 Å². The van der Waals surface area contributed by atoms with Crippen molar-refractivity contribution in [2.24, 2.45) is 5.92 Å². The Kier molecular flexibility index (Phi) is 4.45. The lowest BCUT2D eigenvalue weighted by atomic mass is 10.1. The average molecular weight is 379 g/mol. The van der Waals surface area contributed by atoms with Crippen molar-refractivity contribution in [2.45, 2.75) is 19.8 Å². The summed E-state index contributed by atoms with van der Waals surface area (Å²) < 4.78 is 0. The second-order valence-electron chi connectivity index (χ2n) is 6.64. The van der Waals surface area contributed by atoms with Crippen molar-refractivity contribution in [1.82, 2.24) is 4.98 Å². The number of amides is 1. The van der Waals surface area contributed by atoms with Crippen LogP contribution >= 0.6 is 11.3 Å². The predicted octanol–water partition coefficient (Wildman–Crippen LogP) is 5.04. The van der Waals surface area contributed by atoms with E-state index in [1.54, 1.807) is 19.1 Å². The van der Waals surface area contributed by atoms with Gasteiger partial charge in [0.05, 0.1) is 10.6 Å². The highest BCUT2D eigenvalue weighted by Gasteiger charge is 2.29. The van der Waals surface area contributed by atoms with Gasteiger partial charge >= 0.3 is 0 Å². The van der Waals surface area contributed by atoms with E-state index in [1.165, 1.54) is 11.3 Å². The Bertz CT molecular complexity index is 1040. The van der Waals surface area contributed by atoms with Crippen molar-refractivity contribution < 1.29 is 9.72 Å². The first kappa shape index (κ1) is 17.4.